The van der Waals surface area contributed by atoms with Gasteiger partial charge < -0.3 is 14.8 Å². The number of benzene rings is 4. The van der Waals surface area contributed by atoms with Crippen LogP contribution in [0.5, 0.6) is 11.5 Å². The average molecular weight is 607 g/mol. The Hall–Kier alpha value is -2.92. The third-order valence-electron chi connectivity index (χ3n) is 7.45. The number of allylic oxidation sites excluding steroid dienone is 2. The molecule has 3 nitrogen and oxygen atoms in total. The van der Waals surface area contributed by atoms with Gasteiger partial charge in [-0.2, -0.15) is 0 Å². The molecule has 0 fully saturated rings. The summed E-state index contributed by atoms with van der Waals surface area (Å²) in [5, 5.41) is 4.88. The van der Waals surface area contributed by atoms with Gasteiger partial charge in [-0.3, -0.25) is 0 Å². The van der Waals surface area contributed by atoms with Gasteiger partial charge in [0.15, 0.2) is 11.5 Å². The van der Waals surface area contributed by atoms with Crippen molar-refractivity contribution in [3.05, 3.63) is 122 Å². The Balaban J connectivity index is 1.29. The van der Waals surface area contributed by atoms with Crippen molar-refractivity contribution in [2.45, 2.75) is 25.0 Å². The first-order chi connectivity index (χ1) is 18.5. The van der Waals surface area contributed by atoms with Crippen LogP contribution >= 0.6 is 39.1 Å². The molecule has 6 heteroatoms. The standard InChI is InChI=1S/C32H26BrCl2NO2/c1-37-30-17-22(16-26(33)32(30)38-18-19-10-12-27(34)28(35)14-19)31-24-9-5-8-23(24)25-15-21(11-13-29(25)36-31)20-6-3-2-4-7-20/h2-8,10-17,23-24,31,36H,9,18H2,1H3/t23-,24-,31-/m0/s1. The molecule has 0 saturated heterocycles. The minimum Gasteiger partial charge on any atom is -0.493 e. The van der Waals surface area contributed by atoms with E-state index in [0.29, 0.717) is 40.0 Å². The molecule has 1 N–H and O–H groups in total. The molecule has 4 aromatic rings. The van der Waals surface area contributed by atoms with Crippen LogP contribution in [0.15, 0.2) is 95.5 Å². The van der Waals surface area contributed by atoms with Crippen LogP contribution in [0.3, 0.4) is 0 Å². The average Bonchev–Trinajstić information content (AvgIpc) is 3.44. The SMILES string of the molecule is COc1cc([C@@H]2Nc3ccc(-c4ccccc4)cc3[C@H]3C=CC[C@@H]32)cc(Br)c1OCc1ccc(Cl)c(Cl)c1. The van der Waals surface area contributed by atoms with E-state index in [1.54, 1.807) is 13.2 Å². The van der Waals surface area contributed by atoms with Crippen LogP contribution in [0.25, 0.3) is 11.1 Å². The second kappa shape index (κ2) is 10.7. The van der Waals surface area contributed by atoms with Crippen molar-refractivity contribution in [1.29, 1.82) is 0 Å². The van der Waals surface area contributed by atoms with Gasteiger partial charge in [-0.15, -0.1) is 0 Å². The maximum absolute atomic E-state index is 6.18. The molecular formula is C32H26BrCl2NO2. The van der Waals surface area contributed by atoms with Gasteiger partial charge >= 0.3 is 0 Å². The van der Waals surface area contributed by atoms with Gasteiger partial charge in [-0.1, -0.05) is 77.8 Å². The van der Waals surface area contributed by atoms with Gasteiger partial charge in [-0.25, -0.2) is 0 Å². The van der Waals surface area contributed by atoms with E-state index in [1.807, 2.05) is 12.1 Å². The topological polar surface area (TPSA) is 30.5 Å². The number of hydrogen-bond acceptors (Lipinski definition) is 3. The van der Waals surface area contributed by atoms with Crippen molar-refractivity contribution in [2.75, 3.05) is 12.4 Å². The first kappa shape index (κ1) is 25.4. The molecule has 0 unspecified atom stereocenters. The molecule has 1 aliphatic heterocycles. The lowest BCUT2D eigenvalue weighted by Gasteiger charge is -2.38. The maximum atomic E-state index is 6.18. The Bertz CT molecular complexity index is 1520. The molecule has 3 atom stereocenters. The summed E-state index contributed by atoms with van der Waals surface area (Å²) < 4.78 is 12.8. The van der Waals surface area contributed by atoms with Crippen LogP contribution in [-0.2, 0) is 6.61 Å². The molecule has 0 bridgehead atoms. The molecule has 38 heavy (non-hydrogen) atoms. The van der Waals surface area contributed by atoms with Crippen molar-refractivity contribution in [3.8, 4) is 22.6 Å². The summed E-state index contributed by atoms with van der Waals surface area (Å²) in [4.78, 5) is 0. The smallest absolute Gasteiger partial charge is 0.175 e. The molecule has 6 rings (SSSR count). The van der Waals surface area contributed by atoms with Gasteiger partial charge in [0, 0.05) is 11.6 Å². The van der Waals surface area contributed by atoms with Crippen LogP contribution in [0.1, 0.15) is 35.1 Å². The molecule has 192 valence electrons. The molecule has 0 aromatic heterocycles. The Kier molecular flexibility index (Phi) is 7.13. The van der Waals surface area contributed by atoms with Gasteiger partial charge in [0.05, 0.1) is 27.7 Å². The predicted molar refractivity (Wildman–Crippen MR) is 160 cm³/mol. The fourth-order valence-electron chi connectivity index (χ4n) is 5.58. The van der Waals surface area contributed by atoms with Crippen molar-refractivity contribution < 1.29 is 9.47 Å². The first-order valence-corrected chi connectivity index (χ1v) is 14.1. The predicted octanol–water partition coefficient (Wildman–Crippen LogP) is 9.84. The second-order valence-electron chi connectivity index (χ2n) is 9.71. The molecule has 1 aliphatic carbocycles. The van der Waals surface area contributed by atoms with Crippen molar-refractivity contribution in [2.24, 2.45) is 5.92 Å². The summed E-state index contributed by atoms with van der Waals surface area (Å²) in [6, 6.07) is 27.2. The van der Waals surface area contributed by atoms with Crippen molar-refractivity contribution in [1.82, 2.24) is 0 Å². The summed E-state index contributed by atoms with van der Waals surface area (Å²) in [6.07, 6.45) is 5.70. The molecule has 4 aromatic carbocycles. The summed E-state index contributed by atoms with van der Waals surface area (Å²) in [7, 11) is 1.67. The number of halogens is 3. The van der Waals surface area contributed by atoms with E-state index in [2.05, 4.69) is 94.1 Å². The molecule has 0 spiro atoms. The van der Waals surface area contributed by atoms with Crippen LogP contribution in [-0.4, -0.2) is 7.11 Å². The maximum Gasteiger partial charge on any atom is 0.175 e. The third kappa shape index (κ3) is 4.82. The Morgan fingerprint density at radius 3 is 2.55 bits per heavy atom. The normalized spacial score (nSPS) is 19.4. The van der Waals surface area contributed by atoms with E-state index in [4.69, 9.17) is 32.7 Å². The second-order valence-corrected chi connectivity index (χ2v) is 11.4. The highest BCUT2D eigenvalue weighted by molar-refractivity contribution is 9.10. The van der Waals surface area contributed by atoms with Gasteiger partial charge in [0.25, 0.3) is 0 Å². The highest BCUT2D eigenvalue weighted by atomic mass is 79.9. The first-order valence-electron chi connectivity index (χ1n) is 12.6. The van der Waals surface area contributed by atoms with Gasteiger partial charge in [0.2, 0.25) is 0 Å². The minimum absolute atomic E-state index is 0.138. The largest absolute Gasteiger partial charge is 0.493 e. The zero-order chi connectivity index (χ0) is 26.2. The van der Waals surface area contributed by atoms with E-state index in [0.717, 1.165) is 22.0 Å². The lowest BCUT2D eigenvalue weighted by Crippen LogP contribution is -2.29. The Morgan fingerprint density at radius 2 is 1.76 bits per heavy atom. The molecule has 2 aliphatic rings. The summed E-state index contributed by atoms with van der Waals surface area (Å²) in [5.74, 6) is 2.11. The summed E-state index contributed by atoms with van der Waals surface area (Å²) >= 11 is 16.0. The number of rotatable bonds is 6. The zero-order valence-corrected chi connectivity index (χ0v) is 23.9. The zero-order valence-electron chi connectivity index (χ0n) is 20.8. The molecule has 1 heterocycles. The summed E-state index contributed by atoms with van der Waals surface area (Å²) in [5.41, 5.74) is 7.11. The molecule has 0 saturated carbocycles. The number of anilines is 1. The van der Waals surface area contributed by atoms with Crippen LogP contribution < -0.4 is 14.8 Å². The van der Waals surface area contributed by atoms with E-state index in [9.17, 15) is 0 Å². The van der Waals surface area contributed by atoms with E-state index >= 15 is 0 Å². The highest BCUT2D eigenvalue weighted by Gasteiger charge is 2.38. The lowest BCUT2D eigenvalue weighted by molar-refractivity contribution is 0.282. The number of nitrogens with one attached hydrogen (secondary N) is 1. The minimum atomic E-state index is 0.138. The molecule has 0 amide bonds. The molecule has 0 radical (unpaired) electrons. The van der Waals surface area contributed by atoms with Crippen LogP contribution in [0.4, 0.5) is 5.69 Å². The molecular weight excluding hydrogens is 581 g/mol. The number of ether oxygens (including phenoxy) is 2. The number of methoxy groups -OCH3 is 1. The van der Waals surface area contributed by atoms with Gasteiger partial charge in [0.1, 0.15) is 6.61 Å². The summed E-state index contributed by atoms with van der Waals surface area (Å²) in [6.45, 7) is 0.346. The van der Waals surface area contributed by atoms with Crippen LogP contribution in [0.2, 0.25) is 10.0 Å². The Morgan fingerprint density at radius 1 is 0.921 bits per heavy atom. The monoisotopic (exact) mass is 605 g/mol. The Labute approximate surface area is 241 Å². The highest BCUT2D eigenvalue weighted by Crippen LogP contribution is 2.52. The van der Waals surface area contributed by atoms with Gasteiger partial charge in [-0.05, 0) is 92.5 Å². The quantitative estimate of drug-likeness (QED) is 0.222. The van der Waals surface area contributed by atoms with Crippen molar-refractivity contribution >= 4 is 44.8 Å². The lowest BCUT2D eigenvalue weighted by atomic mass is 9.76. The number of fused-ring (bicyclic) bond motifs is 3. The fraction of sp³-hybridized carbons (Fsp3) is 0.188. The fourth-order valence-corrected chi connectivity index (χ4v) is 6.47. The third-order valence-corrected chi connectivity index (χ3v) is 8.78. The van der Waals surface area contributed by atoms with Crippen LogP contribution in [0, 0.1) is 5.92 Å². The van der Waals surface area contributed by atoms with Crippen molar-refractivity contribution in [3.63, 3.8) is 0 Å². The van der Waals surface area contributed by atoms with E-state index in [1.165, 1.54) is 22.4 Å². The van der Waals surface area contributed by atoms with E-state index < -0.39 is 0 Å². The number of hydrogen-bond donors (Lipinski definition) is 1. The van der Waals surface area contributed by atoms with E-state index in [-0.39, 0.29) is 6.04 Å².